The summed E-state index contributed by atoms with van der Waals surface area (Å²) in [7, 11) is 0. The van der Waals surface area contributed by atoms with Gasteiger partial charge in [-0.15, -0.1) is 11.3 Å². The maximum atomic E-state index is 11.8. The van der Waals surface area contributed by atoms with Crippen molar-refractivity contribution in [1.82, 2.24) is 5.32 Å². The normalized spacial score (nSPS) is 12.5. The van der Waals surface area contributed by atoms with Crippen LogP contribution in [0.1, 0.15) is 23.0 Å². The molecule has 1 N–H and O–H groups in total. The molecule has 1 amide bonds. The van der Waals surface area contributed by atoms with E-state index in [2.05, 4.69) is 34.4 Å². The van der Waals surface area contributed by atoms with Gasteiger partial charge < -0.3 is 5.32 Å². The Hall–Kier alpha value is -0.000000000000000111. The van der Waals surface area contributed by atoms with Gasteiger partial charge in [-0.05, 0) is 40.1 Å². The Kier molecular flexibility index (Phi) is 5.71. The highest BCUT2D eigenvalue weighted by Gasteiger charge is 2.15. The number of carbonyl (C=O) groups is 1. The minimum atomic E-state index is 0.0257. The number of hydrogen-bond donors (Lipinski definition) is 1. The summed E-state index contributed by atoms with van der Waals surface area (Å²) < 4.78 is 0.879. The molecular formula is C10H14BrNOS2. The van der Waals surface area contributed by atoms with Crippen molar-refractivity contribution in [1.29, 1.82) is 0 Å². The number of amides is 1. The first-order valence-electron chi connectivity index (χ1n) is 4.71. The van der Waals surface area contributed by atoms with E-state index < -0.39 is 0 Å². The number of thioether (sulfide) groups is 1. The molecular weight excluding hydrogens is 294 g/mol. The zero-order chi connectivity index (χ0) is 11.3. The van der Waals surface area contributed by atoms with Gasteiger partial charge in [0, 0.05) is 16.3 Å². The first kappa shape index (κ1) is 13.1. The summed E-state index contributed by atoms with van der Waals surface area (Å²) in [6.45, 7) is 2.09. The largest absolute Gasteiger partial charge is 0.348 e. The van der Waals surface area contributed by atoms with Crippen molar-refractivity contribution >= 4 is 44.9 Å². The van der Waals surface area contributed by atoms with Gasteiger partial charge in [0.1, 0.15) is 4.88 Å². The van der Waals surface area contributed by atoms with E-state index in [4.69, 9.17) is 0 Å². The summed E-state index contributed by atoms with van der Waals surface area (Å²) in [6.07, 6.45) is 3.02. The lowest BCUT2D eigenvalue weighted by Gasteiger charge is -2.15. The van der Waals surface area contributed by atoms with E-state index in [1.165, 1.54) is 11.3 Å². The second kappa shape index (κ2) is 6.55. The number of thiophene rings is 1. The van der Waals surface area contributed by atoms with Crippen LogP contribution >= 0.6 is 39.0 Å². The number of rotatable bonds is 5. The van der Waals surface area contributed by atoms with Crippen molar-refractivity contribution in [3.8, 4) is 0 Å². The summed E-state index contributed by atoms with van der Waals surface area (Å²) in [5.41, 5.74) is 0. The van der Waals surface area contributed by atoms with Crippen LogP contribution in [0.4, 0.5) is 0 Å². The van der Waals surface area contributed by atoms with Crippen LogP contribution in [0.15, 0.2) is 15.9 Å². The average molecular weight is 308 g/mol. The van der Waals surface area contributed by atoms with Crippen molar-refractivity contribution in [3.63, 3.8) is 0 Å². The molecule has 0 aliphatic rings. The van der Waals surface area contributed by atoms with Gasteiger partial charge in [-0.25, -0.2) is 0 Å². The summed E-state index contributed by atoms with van der Waals surface area (Å²) in [5, 5.41) is 4.94. The molecule has 1 unspecified atom stereocenters. The standard InChI is InChI=1S/C10H14BrNOS2/c1-3-7(6-14-2)12-10(13)9-8(11)4-5-15-9/h4-5,7H,3,6H2,1-2H3,(H,12,13). The second-order valence-electron chi connectivity index (χ2n) is 3.13. The van der Waals surface area contributed by atoms with Gasteiger partial charge in [-0.3, -0.25) is 4.79 Å². The third-order valence-corrected chi connectivity index (χ3v) is 4.59. The molecule has 1 rings (SSSR count). The van der Waals surface area contributed by atoms with Gasteiger partial charge in [0.2, 0.25) is 0 Å². The maximum absolute atomic E-state index is 11.8. The lowest BCUT2D eigenvalue weighted by atomic mass is 10.2. The molecule has 84 valence electrons. The highest BCUT2D eigenvalue weighted by Crippen LogP contribution is 2.22. The molecule has 0 saturated carbocycles. The van der Waals surface area contributed by atoms with Crippen molar-refractivity contribution in [2.24, 2.45) is 0 Å². The number of carbonyl (C=O) groups excluding carboxylic acids is 1. The lowest BCUT2D eigenvalue weighted by molar-refractivity contribution is 0.0943. The van der Waals surface area contributed by atoms with Gasteiger partial charge in [0.05, 0.1) is 0 Å². The Labute approximate surface area is 107 Å². The fourth-order valence-electron chi connectivity index (χ4n) is 1.17. The monoisotopic (exact) mass is 307 g/mol. The Balaban J connectivity index is 2.58. The number of nitrogens with one attached hydrogen (secondary N) is 1. The average Bonchev–Trinajstić information content (AvgIpc) is 2.63. The first-order chi connectivity index (χ1) is 7.19. The van der Waals surface area contributed by atoms with Crippen LogP contribution in [0.5, 0.6) is 0 Å². The van der Waals surface area contributed by atoms with Crippen LogP contribution in [0.25, 0.3) is 0 Å². The Morgan fingerprint density at radius 2 is 2.47 bits per heavy atom. The predicted octanol–water partition coefficient (Wildman–Crippen LogP) is 3.38. The first-order valence-corrected chi connectivity index (χ1v) is 7.78. The highest BCUT2D eigenvalue weighted by molar-refractivity contribution is 9.10. The van der Waals surface area contributed by atoms with Crippen molar-refractivity contribution < 1.29 is 4.79 Å². The van der Waals surface area contributed by atoms with E-state index in [9.17, 15) is 4.79 Å². The van der Waals surface area contributed by atoms with E-state index in [1.54, 1.807) is 11.8 Å². The summed E-state index contributed by atoms with van der Waals surface area (Å²) >= 11 is 6.58. The smallest absolute Gasteiger partial charge is 0.262 e. The van der Waals surface area contributed by atoms with Crippen LogP contribution in [0.2, 0.25) is 0 Å². The topological polar surface area (TPSA) is 29.1 Å². The van der Waals surface area contributed by atoms with Gasteiger partial charge >= 0.3 is 0 Å². The molecule has 0 fully saturated rings. The van der Waals surface area contributed by atoms with E-state index >= 15 is 0 Å². The molecule has 5 heteroatoms. The van der Waals surface area contributed by atoms with Gasteiger partial charge in [-0.2, -0.15) is 11.8 Å². The SMILES string of the molecule is CCC(CSC)NC(=O)c1sccc1Br. The zero-order valence-electron chi connectivity index (χ0n) is 8.75. The van der Waals surface area contributed by atoms with E-state index in [-0.39, 0.29) is 11.9 Å². The van der Waals surface area contributed by atoms with Gasteiger partial charge in [-0.1, -0.05) is 6.92 Å². The zero-order valence-corrected chi connectivity index (χ0v) is 12.0. The van der Waals surface area contributed by atoms with Crippen LogP contribution in [-0.4, -0.2) is 24.0 Å². The van der Waals surface area contributed by atoms with E-state index in [0.29, 0.717) is 0 Å². The molecule has 1 aromatic rings. The Morgan fingerprint density at radius 3 is 2.93 bits per heavy atom. The molecule has 0 aliphatic heterocycles. The molecule has 1 aromatic heterocycles. The van der Waals surface area contributed by atoms with E-state index in [0.717, 1.165) is 21.5 Å². The number of halogens is 1. The van der Waals surface area contributed by atoms with Crippen LogP contribution in [-0.2, 0) is 0 Å². The molecule has 0 aliphatic carbocycles. The summed E-state index contributed by atoms with van der Waals surface area (Å²) in [4.78, 5) is 12.6. The minimum absolute atomic E-state index is 0.0257. The molecule has 1 heterocycles. The molecule has 1 atom stereocenters. The minimum Gasteiger partial charge on any atom is -0.348 e. The predicted molar refractivity (Wildman–Crippen MR) is 71.9 cm³/mol. The third-order valence-electron chi connectivity index (χ3n) is 2.02. The summed E-state index contributed by atoms with van der Waals surface area (Å²) in [5.74, 6) is 0.989. The molecule has 0 radical (unpaired) electrons. The second-order valence-corrected chi connectivity index (χ2v) is 5.81. The van der Waals surface area contributed by atoms with Crippen LogP contribution < -0.4 is 5.32 Å². The van der Waals surface area contributed by atoms with Crippen LogP contribution in [0, 0.1) is 0 Å². The summed E-state index contributed by atoms with van der Waals surface area (Å²) in [6, 6.07) is 2.16. The fraction of sp³-hybridized carbons (Fsp3) is 0.500. The van der Waals surface area contributed by atoms with Crippen molar-refractivity contribution in [3.05, 3.63) is 20.8 Å². The molecule has 2 nitrogen and oxygen atoms in total. The lowest BCUT2D eigenvalue weighted by Crippen LogP contribution is -2.35. The van der Waals surface area contributed by atoms with Crippen molar-refractivity contribution in [2.75, 3.05) is 12.0 Å². The van der Waals surface area contributed by atoms with Gasteiger partial charge in [0.25, 0.3) is 5.91 Å². The van der Waals surface area contributed by atoms with E-state index in [1.807, 2.05) is 11.4 Å². The fourth-order valence-corrected chi connectivity index (χ4v) is 3.35. The molecule has 0 spiro atoms. The Bertz CT molecular complexity index is 327. The Morgan fingerprint density at radius 1 is 1.73 bits per heavy atom. The molecule has 0 bridgehead atoms. The third kappa shape index (κ3) is 3.81. The number of hydrogen-bond acceptors (Lipinski definition) is 3. The van der Waals surface area contributed by atoms with Gasteiger partial charge in [0.15, 0.2) is 0 Å². The van der Waals surface area contributed by atoms with Crippen molar-refractivity contribution in [2.45, 2.75) is 19.4 Å². The quantitative estimate of drug-likeness (QED) is 0.903. The molecule has 0 aromatic carbocycles. The maximum Gasteiger partial charge on any atom is 0.262 e. The molecule has 0 saturated heterocycles. The molecule has 15 heavy (non-hydrogen) atoms. The highest BCUT2D eigenvalue weighted by atomic mass is 79.9. The van der Waals surface area contributed by atoms with Crippen LogP contribution in [0.3, 0.4) is 0 Å².